The van der Waals surface area contributed by atoms with Crippen molar-refractivity contribution >= 4 is 37.6 Å². The molecule has 0 radical (unpaired) electrons. The summed E-state index contributed by atoms with van der Waals surface area (Å²) in [5, 5.41) is 10.3. The Labute approximate surface area is 182 Å². The fraction of sp³-hybridized carbons (Fsp3) is 0.250. The minimum Gasteiger partial charge on any atom is -0.435 e. The Balaban J connectivity index is 1.84. The summed E-state index contributed by atoms with van der Waals surface area (Å²) in [5.41, 5.74) is 1.21. The van der Waals surface area contributed by atoms with Crippen LogP contribution in [0.3, 0.4) is 0 Å². The van der Waals surface area contributed by atoms with Gasteiger partial charge in [-0.15, -0.1) is 0 Å². The molecule has 152 valence electrons. The van der Waals surface area contributed by atoms with E-state index in [0.717, 1.165) is 4.47 Å². The van der Waals surface area contributed by atoms with Crippen LogP contribution in [0.4, 0.5) is 0 Å². The lowest BCUT2D eigenvalue weighted by molar-refractivity contribution is 0.108. The van der Waals surface area contributed by atoms with Gasteiger partial charge in [0.2, 0.25) is 10.9 Å². The lowest BCUT2D eigenvalue weighted by atomic mass is 10.1. The second-order valence-corrected chi connectivity index (χ2v) is 10.0. The Hall–Kier alpha value is -1.71. The Morgan fingerprint density at radius 1 is 1.10 bits per heavy atom. The van der Waals surface area contributed by atoms with Gasteiger partial charge in [-0.3, -0.25) is 0 Å². The topological polar surface area (TPSA) is 83.6 Å². The highest BCUT2D eigenvalue weighted by Crippen LogP contribution is 2.35. The van der Waals surface area contributed by atoms with E-state index in [2.05, 4.69) is 20.9 Å². The molecule has 1 aliphatic heterocycles. The summed E-state index contributed by atoms with van der Waals surface area (Å²) in [7, 11) is -3.95. The molecule has 0 saturated carbocycles. The Morgan fingerprint density at radius 3 is 2.41 bits per heavy atom. The van der Waals surface area contributed by atoms with Gasteiger partial charge >= 0.3 is 0 Å². The number of rotatable bonds is 4. The van der Waals surface area contributed by atoms with Crippen molar-refractivity contribution in [3.05, 3.63) is 58.0 Å². The molecule has 1 fully saturated rings. The Morgan fingerprint density at radius 2 is 1.76 bits per heavy atom. The molecule has 0 amide bonds. The van der Waals surface area contributed by atoms with Gasteiger partial charge in [-0.25, -0.2) is 8.42 Å². The third-order valence-electron chi connectivity index (χ3n) is 4.74. The molecular formula is C20H18BrClN2O4S. The molecule has 2 heterocycles. The highest BCUT2D eigenvalue weighted by molar-refractivity contribution is 9.10. The van der Waals surface area contributed by atoms with E-state index in [-0.39, 0.29) is 23.2 Å². The first-order chi connectivity index (χ1) is 13.8. The summed E-state index contributed by atoms with van der Waals surface area (Å²) in [6, 6.07) is 14.0. The largest absolute Gasteiger partial charge is 0.435 e. The monoisotopic (exact) mass is 496 g/mol. The molecule has 3 aromatic rings. The van der Waals surface area contributed by atoms with E-state index in [1.54, 1.807) is 36.4 Å². The number of piperidine rings is 1. The summed E-state index contributed by atoms with van der Waals surface area (Å²) in [6.07, 6.45) is 0.489. The van der Waals surface area contributed by atoms with Crippen molar-refractivity contribution in [1.82, 2.24) is 9.29 Å². The maximum absolute atomic E-state index is 13.4. The average Bonchev–Trinajstić information content (AvgIpc) is 3.15. The van der Waals surface area contributed by atoms with Gasteiger partial charge in [0.25, 0.3) is 10.0 Å². The molecule has 2 aromatic carbocycles. The van der Waals surface area contributed by atoms with Gasteiger partial charge in [0.05, 0.1) is 6.10 Å². The van der Waals surface area contributed by atoms with Crippen LogP contribution < -0.4 is 0 Å². The van der Waals surface area contributed by atoms with Gasteiger partial charge in [0.1, 0.15) is 0 Å². The zero-order chi connectivity index (χ0) is 20.6. The van der Waals surface area contributed by atoms with Gasteiger partial charge in [-0.2, -0.15) is 9.29 Å². The van der Waals surface area contributed by atoms with Crippen LogP contribution in [0.2, 0.25) is 5.02 Å². The standard InChI is InChI=1S/C20H18BrClN2O4S/c21-15-7-3-14(4-8-15)19-23-20(18(28-19)13-5-9-16(22)10-6-13)29(26,27)24-11-1-2-17(25)12-24/h3-10,17,25H,1-2,11-12H2/t17-/m1/s1. The van der Waals surface area contributed by atoms with Crippen LogP contribution >= 0.6 is 27.5 Å². The normalized spacial score (nSPS) is 18.1. The summed E-state index contributed by atoms with van der Waals surface area (Å²) in [6.45, 7) is 0.378. The number of β-amino-alcohol motifs (C(OH)–C–C–N with tert-alkyl or cyclic N) is 1. The zero-order valence-corrected chi connectivity index (χ0v) is 18.4. The van der Waals surface area contributed by atoms with E-state index in [0.29, 0.717) is 35.5 Å². The van der Waals surface area contributed by atoms with Gasteiger partial charge in [-0.05, 0) is 61.4 Å². The number of nitrogens with zero attached hydrogens (tertiary/aromatic N) is 2. The van der Waals surface area contributed by atoms with E-state index >= 15 is 0 Å². The number of halogens is 2. The van der Waals surface area contributed by atoms with Crippen molar-refractivity contribution in [2.75, 3.05) is 13.1 Å². The van der Waals surface area contributed by atoms with E-state index < -0.39 is 16.1 Å². The number of aliphatic hydroxyl groups excluding tert-OH is 1. The number of sulfonamides is 1. The van der Waals surface area contributed by atoms with Crippen LogP contribution in [-0.4, -0.2) is 42.0 Å². The molecule has 1 N–H and O–H groups in total. The minimum atomic E-state index is -3.95. The van der Waals surface area contributed by atoms with E-state index in [1.807, 2.05) is 12.1 Å². The van der Waals surface area contributed by atoms with E-state index in [1.165, 1.54) is 4.31 Å². The van der Waals surface area contributed by atoms with Crippen LogP contribution in [0.5, 0.6) is 0 Å². The molecule has 1 aromatic heterocycles. The summed E-state index contributed by atoms with van der Waals surface area (Å²) in [4.78, 5) is 4.35. The number of aromatic nitrogens is 1. The van der Waals surface area contributed by atoms with Crippen molar-refractivity contribution < 1.29 is 17.9 Å². The molecule has 4 rings (SSSR count). The molecule has 9 heteroatoms. The van der Waals surface area contributed by atoms with Gasteiger partial charge in [-0.1, -0.05) is 27.5 Å². The number of aliphatic hydroxyl groups is 1. The molecule has 6 nitrogen and oxygen atoms in total. The van der Waals surface area contributed by atoms with Gasteiger partial charge < -0.3 is 9.52 Å². The lowest BCUT2D eigenvalue weighted by Gasteiger charge is -2.28. The van der Waals surface area contributed by atoms with Crippen LogP contribution in [0, 0.1) is 0 Å². The molecule has 29 heavy (non-hydrogen) atoms. The van der Waals surface area contributed by atoms with Gasteiger partial charge in [0.15, 0.2) is 5.76 Å². The number of benzene rings is 2. The molecule has 0 bridgehead atoms. The molecule has 0 unspecified atom stereocenters. The van der Waals surface area contributed by atoms with Crippen molar-refractivity contribution in [3.8, 4) is 22.8 Å². The highest BCUT2D eigenvalue weighted by Gasteiger charge is 2.35. The smallest absolute Gasteiger partial charge is 0.264 e. The number of hydrogen-bond acceptors (Lipinski definition) is 5. The lowest BCUT2D eigenvalue weighted by Crippen LogP contribution is -2.42. The molecule has 1 saturated heterocycles. The maximum atomic E-state index is 13.4. The van der Waals surface area contributed by atoms with Crippen molar-refractivity contribution in [2.24, 2.45) is 0 Å². The van der Waals surface area contributed by atoms with E-state index in [4.69, 9.17) is 16.0 Å². The second-order valence-electron chi connectivity index (χ2n) is 6.83. The summed E-state index contributed by atoms with van der Waals surface area (Å²) < 4.78 is 34.8. The molecule has 0 aliphatic carbocycles. The molecule has 1 atom stereocenters. The molecular weight excluding hydrogens is 480 g/mol. The summed E-state index contributed by atoms with van der Waals surface area (Å²) >= 11 is 9.36. The number of oxazole rings is 1. The zero-order valence-electron chi connectivity index (χ0n) is 15.3. The first kappa shape index (κ1) is 20.6. The maximum Gasteiger partial charge on any atom is 0.264 e. The fourth-order valence-corrected chi connectivity index (χ4v) is 5.21. The molecule has 1 aliphatic rings. The Bertz CT molecular complexity index is 1110. The number of hydrogen-bond donors (Lipinski definition) is 1. The SMILES string of the molecule is O=S(=O)(c1nc(-c2ccc(Br)cc2)oc1-c1ccc(Cl)cc1)N1CCC[C@@H](O)C1. The van der Waals surface area contributed by atoms with E-state index in [9.17, 15) is 13.5 Å². The quantitative estimate of drug-likeness (QED) is 0.571. The average molecular weight is 498 g/mol. The third kappa shape index (κ3) is 4.27. The first-order valence-corrected chi connectivity index (χ1v) is 11.7. The second kappa shape index (κ2) is 8.20. The van der Waals surface area contributed by atoms with Crippen molar-refractivity contribution in [1.29, 1.82) is 0 Å². The van der Waals surface area contributed by atoms with Crippen molar-refractivity contribution in [2.45, 2.75) is 24.0 Å². The minimum absolute atomic E-state index is 0.0445. The third-order valence-corrected chi connectivity index (χ3v) is 7.29. The van der Waals surface area contributed by atoms with Crippen LogP contribution in [-0.2, 0) is 10.0 Å². The predicted molar refractivity (Wildman–Crippen MR) is 114 cm³/mol. The first-order valence-electron chi connectivity index (χ1n) is 9.05. The summed E-state index contributed by atoms with van der Waals surface area (Å²) in [5.74, 6) is 0.359. The highest BCUT2D eigenvalue weighted by atomic mass is 79.9. The van der Waals surface area contributed by atoms with Crippen molar-refractivity contribution in [3.63, 3.8) is 0 Å². The molecule has 0 spiro atoms. The fourth-order valence-electron chi connectivity index (χ4n) is 3.24. The predicted octanol–water partition coefficient (Wildman–Crippen LogP) is 4.57. The Kier molecular flexibility index (Phi) is 5.81. The van der Waals surface area contributed by atoms with Crippen LogP contribution in [0.25, 0.3) is 22.8 Å². The van der Waals surface area contributed by atoms with Gasteiger partial charge in [0, 0.05) is 33.7 Å². The van der Waals surface area contributed by atoms with Crippen LogP contribution in [0.15, 0.2) is 62.4 Å². The van der Waals surface area contributed by atoms with Crippen LogP contribution in [0.1, 0.15) is 12.8 Å².